The maximum absolute atomic E-state index is 12.2. The van der Waals surface area contributed by atoms with Gasteiger partial charge in [-0.1, -0.05) is 24.3 Å². The molecule has 130 valence electrons. The van der Waals surface area contributed by atoms with E-state index in [4.69, 9.17) is 4.74 Å². The molecular weight excluding hydrogens is 316 g/mol. The Morgan fingerprint density at radius 3 is 2.84 bits per heavy atom. The van der Waals surface area contributed by atoms with Crippen LogP contribution in [0.15, 0.2) is 42.5 Å². The molecule has 0 aromatic heterocycles. The fourth-order valence-electron chi connectivity index (χ4n) is 2.90. The van der Waals surface area contributed by atoms with Crippen LogP contribution < -0.4 is 15.0 Å². The van der Waals surface area contributed by atoms with Crippen molar-refractivity contribution in [1.29, 1.82) is 0 Å². The largest absolute Gasteiger partial charge is 0.491 e. The summed E-state index contributed by atoms with van der Waals surface area (Å²) in [7, 11) is 1.76. The Morgan fingerprint density at radius 2 is 2.04 bits per heavy atom. The third-order valence-corrected chi connectivity index (χ3v) is 4.42. The Bertz CT molecular complexity index is 801. The van der Waals surface area contributed by atoms with Gasteiger partial charge in [-0.2, -0.15) is 0 Å². The van der Waals surface area contributed by atoms with Crippen molar-refractivity contribution >= 4 is 17.5 Å². The predicted octanol–water partition coefficient (Wildman–Crippen LogP) is 2.71. The fourth-order valence-corrected chi connectivity index (χ4v) is 2.90. The van der Waals surface area contributed by atoms with Gasteiger partial charge in [0.2, 0.25) is 5.91 Å². The maximum Gasteiger partial charge on any atom is 0.251 e. The van der Waals surface area contributed by atoms with Crippen LogP contribution in [-0.4, -0.2) is 32.0 Å². The van der Waals surface area contributed by atoms with E-state index in [1.807, 2.05) is 49.4 Å². The quantitative estimate of drug-likeness (QED) is 0.932. The summed E-state index contributed by atoms with van der Waals surface area (Å²) in [5, 5.41) is 2.95. The van der Waals surface area contributed by atoms with Crippen LogP contribution in [0.2, 0.25) is 0 Å². The molecule has 1 aliphatic heterocycles. The maximum atomic E-state index is 12.2. The summed E-state index contributed by atoms with van der Waals surface area (Å²) in [6.45, 7) is 2.86. The van der Waals surface area contributed by atoms with Gasteiger partial charge in [-0.05, 0) is 42.7 Å². The molecule has 2 aromatic carbocycles. The first-order valence-electron chi connectivity index (χ1n) is 8.42. The standard InChI is InChI=1S/C20H22N2O3/c1-14-5-3-4-6-16(14)20(24)21-11-9-15-7-8-18-17(13-15)22(2)19(23)10-12-25-18/h3-8,13H,9-12H2,1-2H3,(H,21,24). The van der Waals surface area contributed by atoms with Crippen LogP contribution in [0.1, 0.15) is 27.9 Å². The molecule has 5 heteroatoms. The van der Waals surface area contributed by atoms with Crippen molar-refractivity contribution in [1.82, 2.24) is 5.32 Å². The number of ether oxygens (including phenoxy) is 1. The minimum atomic E-state index is -0.0662. The first-order valence-corrected chi connectivity index (χ1v) is 8.42. The van der Waals surface area contributed by atoms with E-state index in [1.54, 1.807) is 11.9 Å². The Hall–Kier alpha value is -2.82. The lowest BCUT2D eigenvalue weighted by Gasteiger charge is -2.17. The molecule has 1 aliphatic rings. The average Bonchev–Trinajstić information content (AvgIpc) is 2.75. The van der Waals surface area contributed by atoms with Crippen LogP contribution in [0, 0.1) is 6.92 Å². The van der Waals surface area contributed by atoms with Gasteiger partial charge in [-0.25, -0.2) is 0 Å². The second-order valence-electron chi connectivity index (χ2n) is 6.17. The van der Waals surface area contributed by atoms with E-state index in [9.17, 15) is 9.59 Å². The number of nitrogens with zero attached hydrogens (tertiary/aromatic N) is 1. The van der Waals surface area contributed by atoms with Gasteiger partial charge in [0.1, 0.15) is 5.75 Å². The first kappa shape index (κ1) is 17.0. The molecule has 25 heavy (non-hydrogen) atoms. The molecule has 1 heterocycles. The Morgan fingerprint density at radius 1 is 1.24 bits per heavy atom. The highest BCUT2D eigenvalue weighted by Crippen LogP contribution is 2.31. The van der Waals surface area contributed by atoms with Gasteiger partial charge in [-0.3, -0.25) is 9.59 Å². The number of hydrogen-bond donors (Lipinski definition) is 1. The number of carbonyl (C=O) groups excluding carboxylic acids is 2. The average molecular weight is 338 g/mol. The topological polar surface area (TPSA) is 58.6 Å². The van der Waals surface area contributed by atoms with Crippen molar-refractivity contribution in [3.8, 4) is 5.75 Å². The number of aryl methyl sites for hydroxylation is 1. The van der Waals surface area contributed by atoms with E-state index >= 15 is 0 Å². The van der Waals surface area contributed by atoms with Crippen molar-refractivity contribution in [3.05, 3.63) is 59.2 Å². The summed E-state index contributed by atoms with van der Waals surface area (Å²) in [6.07, 6.45) is 1.07. The second-order valence-corrected chi connectivity index (χ2v) is 6.17. The number of benzene rings is 2. The fraction of sp³-hybridized carbons (Fsp3) is 0.300. The van der Waals surface area contributed by atoms with E-state index in [0.717, 1.165) is 22.6 Å². The number of hydrogen-bond acceptors (Lipinski definition) is 3. The predicted molar refractivity (Wildman–Crippen MR) is 97.2 cm³/mol. The summed E-state index contributed by atoms with van der Waals surface area (Å²) in [4.78, 5) is 25.9. The number of amides is 2. The molecule has 0 unspecified atom stereocenters. The zero-order valence-electron chi connectivity index (χ0n) is 14.5. The van der Waals surface area contributed by atoms with Crippen molar-refractivity contribution in [2.24, 2.45) is 0 Å². The van der Waals surface area contributed by atoms with Gasteiger partial charge in [0, 0.05) is 19.2 Å². The van der Waals surface area contributed by atoms with Crippen molar-refractivity contribution < 1.29 is 14.3 Å². The lowest BCUT2D eigenvalue weighted by Crippen LogP contribution is -2.27. The van der Waals surface area contributed by atoms with Gasteiger partial charge < -0.3 is 15.0 Å². The van der Waals surface area contributed by atoms with Crippen molar-refractivity contribution in [2.45, 2.75) is 19.8 Å². The number of anilines is 1. The van der Waals surface area contributed by atoms with Crippen LogP contribution in [0.5, 0.6) is 5.75 Å². The van der Waals surface area contributed by atoms with Crippen LogP contribution in [0.4, 0.5) is 5.69 Å². The first-order chi connectivity index (χ1) is 12.1. The summed E-state index contributed by atoms with van der Waals surface area (Å²) in [5.74, 6) is 0.702. The number of carbonyl (C=O) groups is 2. The second kappa shape index (κ2) is 7.38. The Balaban J connectivity index is 1.64. The molecule has 0 saturated heterocycles. The van der Waals surface area contributed by atoms with E-state index in [2.05, 4.69) is 5.32 Å². The monoisotopic (exact) mass is 338 g/mol. The molecule has 0 fully saturated rings. The molecule has 0 aliphatic carbocycles. The Labute approximate surface area is 147 Å². The smallest absolute Gasteiger partial charge is 0.251 e. The van der Waals surface area contributed by atoms with Gasteiger partial charge in [0.05, 0.1) is 18.7 Å². The minimum absolute atomic E-state index is 0.0451. The number of nitrogens with one attached hydrogen (secondary N) is 1. The van der Waals surface area contributed by atoms with Gasteiger partial charge in [0.15, 0.2) is 0 Å². The molecule has 0 spiro atoms. The lowest BCUT2D eigenvalue weighted by molar-refractivity contribution is -0.118. The van der Waals surface area contributed by atoms with Crippen molar-refractivity contribution in [2.75, 3.05) is 25.1 Å². The SMILES string of the molecule is Cc1ccccc1C(=O)NCCc1ccc2c(c1)N(C)C(=O)CCO2. The Kier molecular flexibility index (Phi) is 5.03. The summed E-state index contributed by atoms with van der Waals surface area (Å²) >= 11 is 0. The van der Waals surface area contributed by atoms with E-state index < -0.39 is 0 Å². The van der Waals surface area contributed by atoms with Gasteiger partial charge >= 0.3 is 0 Å². The number of fused-ring (bicyclic) bond motifs is 1. The molecule has 0 saturated carbocycles. The minimum Gasteiger partial charge on any atom is -0.491 e. The van der Waals surface area contributed by atoms with Gasteiger partial charge in [0.25, 0.3) is 5.91 Å². The molecule has 0 atom stereocenters. The van der Waals surface area contributed by atoms with Gasteiger partial charge in [-0.15, -0.1) is 0 Å². The summed E-state index contributed by atoms with van der Waals surface area (Å²) in [5.41, 5.74) is 3.49. The zero-order valence-corrected chi connectivity index (χ0v) is 14.5. The third kappa shape index (κ3) is 3.82. The molecule has 2 amide bonds. The highest BCUT2D eigenvalue weighted by Gasteiger charge is 2.20. The lowest BCUT2D eigenvalue weighted by atomic mass is 10.1. The molecule has 5 nitrogen and oxygen atoms in total. The number of rotatable bonds is 4. The van der Waals surface area contributed by atoms with E-state index in [1.165, 1.54) is 0 Å². The van der Waals surface area contributed by atoms with Crippen molar-refractivity contribution in [3.63, 3.8) is 0 Å². The molecule has 1 N–H and O–H groups in total. The van der Waals surface area contributed by atoms with Crippen LogP contribution in [-0.2, 0) is 11.2 Å². The molecule has 2 aromatic rings. The van der Waals surface area contributed by atoms with Crippen LogP contribution in [0.25, 0.3) is 0 Å². The summed E-state index contributed by atoms with van der Waals surface area (Å²) in [6, 6.07) is 13.4. The molecule has 3 rings (SSSR count). The molecular formula is C20H22N2O3. The third-order valence-electron chi connectivity index (χ3n) is 4.42. The van der Waals surface area contributed by atoms with Crippen LogP contribution in [0.3, 0.4) is 0 Å². The molecule has 0 bridgehead atoms. The highest BCUT2D eigenvalue weighted by molar-refractivity contribution is 5.96. The van der Waals surface area contributed by atoms with E-state index in [-0.39, 0.29) is 11.8 Å². The molecule has 0 radical (unpaired) electrons. The summed E-state index contributed by atoms with van der Waals surface area (Å²) < 4.78 is 5.63. The normalized spacial score (nSPS) is 13.7. The van der Waals surface area contributed by atoms with Crippen LogP contribution >= 0.6 is 0 Å². The highest BCUT2D eigenvalue weighted by atomic mass is 16.5. The zero-order chi connectivity index (χ0) is 17.8. The van der Waals surface area contributed by atoms with E-state index in [0.29, 0.717) is 31.6 Å².